The van der Waals surface area contributed by atoms with E-state index in [9.17, 15) is 0 Å². The average Bonchev–Trinajstić information content (AvgIpc) is 3.73. The van der Waals surface area contributed by atoms with Crippen molar-refractivity contribution >= 4 is 75.8 Å². The molecule has 0 amide bonds. The summed E-state index contributed by atoms with van der Waals surface area (Å²) in [6.07, 6.45) is 0. The maximum absolute atomic E-state index is 6.89. The van der Waals surface area contributed by atoms with E-state index in [1.54, 1.807) is 0 Å². The molecule has 0 bridgehead atoms. The van der Waals surface area contributed by atoms with Crippen LogP contribution >= 0.6 is 0 Å². The fourth-order valence-corrected chi connectivity index (χ4v) is 10.6. The Morgan fingerprint density at radius 1 is 0.222 bits per heavy atom. The Kier molecular flexibility index (Phi) is 7.98. The number of hydrogen-bond acceptors (Lipinski definition) is 1. The van der Waals surface area contributed by atoms with Gasteiger partial charge in [-0.1, -0.05) is 212 Å². The maximum Gasteiger partial charge on any atom is 0.136 e. The fourth-order valence-electron chi connectivity index (χ4n) is 10.6. The van der Waals surface area contributed by atoms with Gasteiger partial charge >= 0.3 is 0 Å². The summed E-state index contributed by atoms with van der Waals surface area (Å²) < 4.78 is 6.89. The zero-order chi connectivity index (χ0) is 41.4. The third-order valence-electron chi connectivity index (χ3n) is 13.3. The van der Waals surface area contributed by atoms with Crippen LogP contribution in [0.2, 0.25) is 0 Å². The number of rotatable bonds is 5. The van der Waals surface area contributed by atoms with Gasteiger partial charge in [0.1, 0.15) is 11.2 Å². The van der Waals surface area contributed by atoms with E-state index in [1.165, 1.54) is 104 Å². The summed E-state index contributed by atoms with van der Waals surface area (Å²) in [4.78, 5) is 0. The van der Waals surface area contributed by atoms with E-state index in [0.717, 1.165) is 27.5 Å². The van der Waals surface area contributed by atoms with Crippen LogP contribution in [0, 0.1) is 0 Å². The van der Waals surface area contributed by atoms with Crippen LogP contribution in [0.4, 0.5) is 0 Å². The molecule has 13 aromatic rings. The van der Waals surface area contributed by atoms with Gasteiger partial charge in [-0.05, 0) is 128 Å². The average molecular weight is 799 g/mol. The molecule has 0 aliphatic rings. The molecule has 1 nitrogen and oxygen atoms in total. The van der Waals surface area contributed by atoms with Crippen LogP contribution in [0.3, 0.4) is 0 Å². The molecule has 292 valence electrons. The molecule has 63 heavy (non-hydrogen) atoms. The van der Waals surface area contributed by atoms with Crippen molar-refractivity contribution in [3.63, 3.8) is 0 Å². The van der Waals surface area contributed by atoms with E-state index in [1.807, 2.05) is 0 Å². The lowest BCUT2D eigenvalue weighted by Crippen LogP contribution is -1.91. The predicted molar refractivity (Wildman–Crippen MR) is 268 cm³/mol. The first kappa shape index (κ1) is 35.5. The lowest BCUT2D eigenvalue weighted by Gasteiger charge is -2.18. The Labute approximate surface area is 364 Å². The van der Waals surface area contributed by atoms with E-state index < -0.39 is 0 Å². The highest BCUT2D eigenvalue weighted by Gasteiger charge is 2.22. The molecule has 0 fully saturated rings. The minimum atomic E-state index is 0.880. The second-order valence-corrected chi connectivity index (χ2v) is 16.6. The summed E-state index contributed by atoms with van der Waals surface area (Å²) in [6, 6.07) is 84.1. The van der Waals surface area contributed by atoms with E-state index in [-0.39, 0.29) is 0 Å². The Balaban J connectivity index is 0.995. The summed E-state index contributed by atoms with van der Waals surface area (Å²) in [7, 11) is 0. The van der Waals surface area contributed by atoms with Crippen molar-refractivity contribution in [2.45, 2.75) is 0 Å². The number of hydrogen-bond donors (Lipinski definition) is 0. The zero-order valence-corrected chi connectivity index (χ0v) is 34.3. The summed E-state index contributed by atoms with van der Waals surface area (Å²) in [6.45, 7) is 0. The number of fused-ring (bicyclic) bond motifs is 8. The second kappa shape index (κ2) is 14.2. The zero-order valence-electron chi connectivity index (χ0n) is 34.3. The summed E-state index contributed by atoms with van der Waals surface area (Å²) >= 11 is 0. The smallest absolute Gasteiger partial charge is 0.136 e. The predicted octanol–water partition coefficient (Wildman–Crippen LogP) is 17.7. The van der Waals surface area contributed by atoms with Gasteiger partial charge in [0.2, 0.25) is 0 Å². The van der Waals surface area contributed by atoms with Crippen LogP contribution in [0.25, 0.3) is 131 Å². The Hall–Kier alpha value is -8.26. The molecule has 12 aromatic carbocycles. The van der Waals surface area contributed by atoms with Crippen LogP contribution in [0.15, 0.2) is 235 Å². The minimum Gasteiger partial charge on any atom is -0.456 e. The molecule has 0 atom stereocenters. The Morgan fingerprint density at radius 3 is 1.22 bits per heavy atom. The molecule has 1 aromatic heterocycles. The first-order chi connectivity index (χ1) is 31.3. The molecule has 0 spiro atoms. The quantitative estimate of drug-likeness (QED) is 0.158. The largest absolute Gasteiger partial charge is 0.456 e. The third kappa shape index (κ3) is 5.50. The SMILES string of the molecule is c1ccc(-c2c3ccccc3c(-c3cccc4oc5cc(-c6c7ccccc7c(-c7ccc(-c8cccc9ccccc89)cc7)c7ccccc67)ccc5c34)c3ccccc23)cc1. The van der Waals surface area contributed by atoms with Gasteiger partial charge in [0.15, 0.2) is 0 Å². The lowest BCUT2D eigenvalue weighted by molar-refractivity contribution is 0.669. The van der Waals surface area contributed by atoms with Crippen molar-refractivity contribution in [2.24, 2.45) is 0 Å². The van der Waals surface area contributed by atoms with Crippen LogP contribution in [0.1, 0.15) is 0 Å². The molecule has 0 saturated carbocycles. The van der Waals surface area contributed by atoms with Gasteiger partial charge in [-0.15, -0.1) is 0 Å². The van der Waals surface area contributed by atoms with Gasteiger partial charge in [-0.2, -0.15) is 0 Å². The van der Waals surface area contributed by atoms with Crippen molar-refractivity contribution in [2.75, 3.05) is 0 Å². The molecule has 1 heteroatoms. The van der Waals surface area contributed by atoms with Crippen molar-refractivity contribution in [1.82, 2.24) is 0 Å². The molecule has 13 rings (SSSR count). The first-order valence-electron chi connectivity index (χ1n) is 21.8. The maximum atomic E-state index is 6.89. The standard InChI is InChI=1S/C62H38O/c1-2-17-41(18-3-1)58-50-25-10-12-27-52(50)61(53-28-13-11-26-51(53)58)55-30-15-31-56-62(55)54-37-36-43(38-57(54)63-56)60-48-23-8-6-21-46(48)59(47-22-7-9-24-49(47)60)42-34-32-40(33-35-42)45-29-14-19-39-16-4-5-20-44(39)45/h1-38H. The molecule has 0 N–H and O–H groups in total. The van der Waals surface area contributed by atoms with Crippen LogP contribution in [-0.2, 0) is 0 Å². The Bertz CT molecular complexity index is 3830. The van der Waals surface area contributed by atoms with Gasteiger partial charge < -0.3 is 4.42 Å². The van der Waals surface area contributed by atoms with Crippen molar-refractivity contribution in [1.29, 1.82) is 0 Å². The van der Waals surface area contributed by atoms with Gasteiger partial charge in [0, 0.05) is 10.8 Å². The Morgan fingerprint density at radius 2 is 0.635 bits per heavy atom. The highest BCUT2D eigenvalue weighted by molar-refractivity contribution is 6.26. The monoisotopic (exact) mass is 798 g/mol. The summed E-state index contributed by atoms with van der Waals surface area (Å²) in [5.74, 6) is 0. The van der Waals surface area contributed by atoms with E-state index in [0.29, 0.717) is 0 Å². The third-order valence-corrected chi connectivity index (χ3v) is 13.3. The molecule has 0 saturated heterocycles. The molecule has 0 aliphatic heterocycles. The topological polar surface area (TPSA) is 13.1 Å². The fraction of sp³-hybridized carbons (Fsp3) is 0. The van der Waals surface area contributed by atoms with Crippen molar-refractivity contribution in [3.05, 3.63) is 231 Å². The minimum absolute atomic E-state index is 0.880. The van der Waals surface area contributed by atoms with Crippen LogP contribution in [0.5, 0.6) is 0 Å². The highest BCUT2D eigenvalue weighted by atomic mass is 16.3. The number of furan rings is 1. The van der Waals surface area contributed by atoms with E-state index in [4.69, 9.17) is 4.42 Å². The molecular weight excluding hydrogens is 761 g/mol. The summed E-state index contributed by atoms with van der Waals surface area (Å²) in [5, 5.41) is 14.6. The van der Waals surface area contributed by atoms with Gasteiger partial charge in [0.25, 0.3) is 0 Å². The first-order valence-corrected chi connectivity index (χ1v) is 21.8. The van der Waals surface area contributed by atoms with Gasteiger partial charge in [0.05, 0.1) is 0 Å². The van der Waals surface area contributed by atoms with E-state index in [2.05, 4.69) is 231 Å². The van der Waals surface area contributed by atoms with E-state index >= 15 is 0 Å². The van der Waals surface area contributed by atoms with Gasteiger partial charge in [-0.3, -0.25) is 0 Å². The molecular formula is C62H38O. The molecule has 0 radical (unpaired) electrons. The normalized spacial score (nSPS) is 11.8. The summed E-state index contributed by atoms with van der Waals surface area (Å²) in [5.41, 5.74) is 13.9. The van der Waals surface area contributed by atoms with Crippen molar-refractivity contribution < 1.29 is 4.42 Å². The molecule has 0 unspecified atom stereocenters. The lowest BCUT2D eigenvalue weighted by atomic mass is 9.84. The number of benzene rings is 12. The van der Waals surface area contributed by atoms with Gasteiger partial charge in [-0.25, -0.2) is 0 Å². The molecule has 0 aliphatic carbocycles. The molecule has 1 heterocycles. The highest BCUT2D eigenvalue weighted by Crippen LogP contribution is 2.49. The van der Waals surface area contributed by atoms with Crippen LogP contribution in [-0.4, -0.2) is 0 Å². The second-order valence-electron chi connectivity index (χ2n) is 16.6. The van der Waals surface area contributed by atoms with Crippen molar-refractivity contribution in [3.8, 4) is 55.6 Å². The van der Waals surface area contributed by atoms with Crippen LogP contribution < -0.4 is 0 Å².